The van der Waals surface area contributed by atoms with Gasteiger partial charge in [0.05, 0.1) is 0 Å². The number of benzene rings is 1. The quantitative estimate of drug-likeness (QED) is 0.770. The Bertz CT molecular complexity index is 638. The molecule has 1 aromatic rings. The van der Waals surface area contributed by atoms with Gasteiger partial charge in [-0.25, -0.2) is 0 Å². The number of piperidine rings is 1. The molecule has 1 heterocycles. The second-order valence-corrected chi connectivity index (χ2v) is 7.19. The normalized spacial score (nSPS) is 14.8. The molecule has 0 aliphatic carbocycles. The van der Waals surface area contributed by atoms with Crippen molar-refractivity contribution in [2.45, 2.75) is 25.7 Å². The van der Waals surface area contributed by atoms with Crippen molar-refractivity contribution in [3.05, 3.63) is 34.9 Å². The molecule has 2 rings (SSSR count). The SMILES string of the molecule is CN(C)C(=O)C1CCN(C(=O)CCCNC(=O)c2ccc(Cl)cc2)CC1. The standard InChI is InChI=1S/C19H26ClN3O3/c1-22(2)19(26)15-9-12-23(13-10-15)17(24)4-3-11-21-18(25)14-5-7-16(20)8-6-14/h5-8,15H,3-4,9-13H2,1-2H3,(H,21,25). The molecule has 0 bridgehead atoms. The molecule has 0 radical (unpaired) electrons. The summed E-state index contributed by atoms with van der Waals surface area (Å²) in [5.41, 5.74) is 0.549. The lowest BCUT2D eigenvalue weighted by Crippen LogP contribution is -2.42. The lowest BCUT2D eigenvalue weighted by molar-refractivity contribution is -0.139. The smallest absolute Gasteiger partial charge is 0.251 e. The fourth-order valence-electron chi connectivity index (χ4n) is 3.04. The average Bonchev–Trinajstić information content (AvgIpc) is 2.64. The first kappa shape index (κ1) is 20.2. The lowest BCUT2D eigenvalue weighted by Gasteiger charge is -2.32. The van der Waals surface area contributed by atoms with Crippen molar-refractivity contribution in [2.75, 3.05) is 33.7 Å². The third-order valence-corrected chi connectivity index (χ3v) is 4.85. The highest BCUT2D eigenvalue weighted by molar-refractivity contribution is 6.30. The van der Waals surface area contributed by atoms with Gasteiger partial charge in [0.1, 0.15) is 0 Å². The van der Waals surface area contributed by atoms with Crippen LogP contribution in [0.1, 0.15) is 36.0 Å². The van der Waals surface area contributed by atoms with E-state index in [9.17, 15) is 14.4 Å². The maximum Gasteiger partial charge on any atom is 0.251 e. The molecule has 6 nitrogen and oxygen atoms in total. The molecule has 1 N–H and O–H groups in total. The predicted octanol–water partition coefficient (Wildman–Crippen LogP) is 2.18. The minimum atomic E-state index is -0.169. The Morgan fingerprint density at radius 3 is 2.35 bits per heavy atom. The summed E-state index contributed by atoms with van der Waals surface area (Å²) in [6.45, 7) is 1.70. The van der Waals surface area contributed by atoms with Crippen LogP contribution in [0.5, 0.6) is 0 Å². The van der Waals surface area contributed by atoms with E-state index in [4.69, 9.17) is 11.6 Å². The third-order valence-electron chi connectivity index (χ3n) is 4.60. The summed E-state index contributed by atoms with van der Waals surface area (Å²) >= 11 is 5.80. The van der Waals surface area contributed by atoms with Crippen LogP contribution in [0, 0.1) is 5.92 Å². The van der Waals surface area contributed by atoms with E-state index in [1.54, 1.807) is 43.3 Å². The Labute approximate surface area is 159 Å². The summed E-state index contributed by atoms with van der Waals surface area (Å²) in [7, 11) is 3.52. The van der Waals surface area contributed by atoms with E-state index in [1.807, 2.05) is 4.90 Å². The molecule has 7 heteroatoms. The molecule has 0 unspecified atom stereocenters. The van der Waals surface area contributed by atoms with Gasteiger partial charge < -0.3 is 15.1 Å². The average molecular weight is 380 g/mol. The van der Waals surface area contributed by atoms with Gasteiger partial charge in [-0.05, 0) is 43.5 Å². The molecule has 1 saturated heterocycles. The highest BCUT2D eigenvalue weighted by Gasteiger charge is 2.27. The zero-order valence-corrected chi connectivity index (χ0v) is 16.1. The van der Waals surface area contributed by atoms with E-state index in [0.717, 1.165) is 12.8 Å². The molecule has 1 fully saturated rings. The first-order valence-electron chi connectivity index (χ1n) is 8.91. The van der Waals surface area contributed by atoms with Crippen molar-refractivity contribution < 1.29 is 14.4 Å². The summed E-state index contributed by atoms with van der Waals surface area (Å²) in [5, 5.41) is 3.39. The van der Waals surface area contributed by atoms with Gasteiger partial charge in [-0.1, -0.05) is 11.6 Å². The van der Waals surface area contributed by atoms with Crippen molar-refractivity contribution in [2.24, 2.45) is 5.92 Å². The first-order chi connectivity index (χ1) is 12.4. The number of carbonyl (C=O) groups is 3. The summed E-state index contributed by atoms with van der Waals surface area (Å²) < 4.78 is 0. The highest BCUT2D eigenvalue weighted by atomic mass is 35.5. The van der Waals surface area contributed by atoms with Crippen LogP contribution in [0.25, 0.3) is 0 Å². The van der Waals surface area contributed by atoms with Crippen LogP contribution < -0.4 is 5.32 Å². The maximum absolute atomic E-state index is 12.3. The fraction of sp³-hybridized carbons (Fsp3) is 0.526. The van der Waals surface area contributed by atoms with Gasteiger partial charge in [-0.2, -0.15) is 0 Å². The van der Waals surface area contributed by atoms with Crippen molar-refractivity contribution in [1.29, 1.82) is 0 Å². The van der Waals surface area contributed by atoms with Crippen molar-refractivity contribution in [3.63, 3.8) is 0 Å². The van der Waals surface area contributed by atoms with Crippen LogP contribution in [0.2, 0.25) is 5.02 Å². The second-order valence-electron chi connectivity index (χ2n) is 6.75. The minimum absolute atomic E-state index is 0.0210. The number of carbonyl (C=O) groups excluding carboxylic acids is 3. The number of hydrogen-bond acceptors (Lipinski definition) is 3. The zero-order valence-electron chi connectivity index (χ0n) is 15.3. The third kappa shape index (κ3) is 5.73. The van der Waals surface area contributed by atoms with E-state index >= 15 is 0 Å². The molecule has 26 heavy (non-hydrogen) atoms. The Morgan fingerprint density at radius 1 is 1.15 bits per heavy atom. The Kier molecular flexibility index (Phi) is 7.45. The second kappa shape index (κ2) is 9.57. The van der Waals surface area contributed by atoms with E-state index < -0.39 is 0 Å². The van der Waals surface area contributed by atoms with Crippen molar-refractivity contribution >= 4 is 29.3 Å². The van der Waals surface area contributed by atoms with Gasteiger partial charge in [0.2, 0.25) is 11.8 Å². The minimum Gasteiger partial charge on any atom is -0.352 e. The van der Waals surface area contributed by atoms with Gasteiger partial charge >= 0.3 is 0 Å². The van der Waals surface area contributed by atoms with Crippen molar-refractivity contribution in [1.82, 2.24) is 15.1 Å². The summed E-state index contributed by atoms with van der Waals surface area (Å²) in [6, 6.07) is 6.68. The van der Waals surface area contributed by atoms with Gasteiger partial charge in [0.15, 0.2) is 0 Å². The lowest BCUT2D eigenvalue weighted by atomic mass is 9.95. The topological polar surface area (TPSA) is 69.7 Å². The van der Waals surface area contributed by atoms with Crippen molar-refractivity contribution in [3.8, 4) is 0 Å². The molecule has 0 aromatic heterocycles. The highest BCUT2D eigenvalue weighted by Crippen LogP contribution is 2.19. The molecule has 142 valence electrons. The predicted molar refractivity (Wildman–Crippen MR) is 101 cm³/mol. The number of likely N-dealkylation sites (tertiary alicyclic amines) is 1. The monoisotopic (exact) mass is 379 g/mol. The Hall–Kier alpha value is -2.08. The molecule has 1 aliphatic rings. The number of rotatable bonds is 6. The molecule has 1 aromatic carbocycles. The van der Waals surface area contributed by atoms with Gasteiger partial charge in [0, 0.05) is 56.7 Å². The van der Waals surface area contributed by atoms with Crippen LogP contribution in [0.15, 0.2) is 24.3 Å². The summed E-state index contributed by atoms with van der Waals surface area (Å²) in [6.07, 6.45) is 2.42. The fourth-order valence-corrected chi connectivity index (χ4v) is 3.17. The number of nitrogens with one attached hydrogen (secondary N) is 1. The largest absolute Gasteiger partial charge is 0.352 e. The molecule has 1 aliphatic heterocycles. The number of nitrogens with zero attached hydrogens (tertiary/aromatic N) is 2. The van der Waals surface area contributed by atoms with E-state index in [-0.39, 0.29) is 23.6 Å². The van der Waals surface area contributed by atoms with Crippen LogP contribution in [-0.2, 0) is 9.59 Å². The van der Waals surface area contributed by atoms with Crippen LogP contribution in [0.3, 0.4) is 0 Å². The molecular weight excluding hydrogens is 354 g/mol. The van der Waals surface area contributed by atoms with E-state index in [0.29, 0.717) is 43.1 Å². The number of amides is 3. The molecule has 0 spiro atoms. The van der Waals surface area contributed by atoms with E-state index in [2.05, 4.69) is 5.32 Å². The Balaban J connectivity index is 1.66. The van der Waals surface area contributed by atoms with Crippen LogP contribution in [-0.4, -0.2) is 61.3 Å². The van der Waals surface area contributed by atoms with Gasteiger partial charge in [-0.3, -0.25) is 14.4 Å². The number of halogens is 1. The zero-order chi connectivity index (χ0) is 19.1. The number of hydrogen-bond donors (Lipinski definition) is 1. The summed E-state index contributed by atoms with van der Waals surface area (Å²) in [4.78, 5) is 39.6. The van der Waals surface area contributed by atoms with Crippen LogP contribution in [0.4, 0.5) is 0 Å². The van der Waals surface area contributed by atoms with E-state index in [1.165, 1.54) is 0 Å². The maximum atomic E-state index is 12.3. The molecular formula is C19H26ClN3O3. The first-order valence-corrected chi connectivity index (χ1v) is 9.29. The van der Waals surface area contributed by atoms with Gasteiger partial charge in [0.25, 0.3) is 5.91 Å². The molecule has 0 saturated carbocycles. The molecule has 0 atom stereocenters. The van der Waals surface area contributed by atoms with Crippen LogP contribution >= 0.6 is 11.6 Å². The van der Waals surface area contributed by atoms with Gasteiger partial charge in [-0.15, -0.1) is 0 Å². The Morgan fingerprint density at radius 2 is 1.77 bits per heavy atom. The summed E-state index contributed by atoms with van der Waals surface area (Å²) in [5.74, 6) is 0.0772. The molecule has 3 amide bonds.